The van der Waals surface area contributed by atoms with Crippen LogP contribution in [0.25, 0.3) is 0 Å². The molecule has 22 heavy (non-hydrogen) atoms. The molecule has 1 aromatic carbocycles. The van der Waals surface area contributed by atoms with Gasteiger partial charge in [0.05, 0.1) is 13.7 Å². The van der Waals surface area contributed by atoms with E-state index in [-0.39, 0.29) is 24.3 Å². The van der Waals surface area contributed by atoms with Crippen LogP contribution in [-0.2, 0) is 19.1 Å². The van der Waals surface area contributed by atoms with E-state index in [1.165, 1.54) is 12.0 Å². The molecule has 120 valence electrons. The van der Waals surface area contributed by atoms with Crippen LogP contribution in [-0.4, -0.2) is 50.7 Å². The summed E-state index contributed by atoms with van der Waals surface area (Å²) < 4.78 is 10.7. The summed E-state index contributed by atoms with van der Waals surface area (Å²) in [4.78, 5) is 25.6. The van der Waals surface area contributed by atoms with Gasteiger partial charge < -0.3 is 14.4 Å². The van der Waals surface area contributed by atoms with Crippen LogP contribution in [0, 0.1) is 5.92 Å². The van der Waals surface area contributed by atoms with Gasteiger partial charge in [0.15, 0.2) is 0 Å². The molecule has 6 heteroatoms. The zero-order valence-corrected chi connectivity index (χ0v) is 14.3. The fraction of sp³-hybridized carbons (Fsp3) is 0.500. The average Bonchev–Trinajstić information content (AvgIpc) is 3.31. The normalized spacial score (nSPS) is 19.6. The molecule has 1 saturated carbocycles. The molecule has 0 bridgehead atoms. The van der Waals surface area contributed by atoms with E-state index >= 15 is 0 Å². The predicted molar refractivity (Wildman–Crippen MR) is 85.5 cm³/mol. The number of benzene rings is 1. The second-order valence-electron chi connectivity index (χ2n) is 5.33. The van der Waals surface area contributed by atoms with Crippen molar-refractivity contribution in [3.63, 3.8) is 0 Å². The lowest BCUT2D eigenvalue weighted by molar-refractivity contribution is -0.147. The summed E-state index contributed by atoms with van der Waals surface area (Å²) in [5.74, 6) is -0.230. The Morgan fingerprint density at radius 1 is 1.27 bits per heavy atom. The molecular formula is C16H20BrNO4. The molecule has 0 radical (unpaired) electrons. The van der Waals surface area contributed by atoms with E-state index < -0.39 is 5.97 Å². The molecule has 0 heterocycles. The van der Waals surface area contributed by atoms with Crippen molar-refractivity contribution in [2.24, 2.45) is 5.92 Å². The molecule has 1 fully saturated rings. The van der Waals surface area contributed by atoms with E-state index in [9.17, 15) is 9.59 Å². The van der Waals surface area contributed by atoms with Crippen LogP contribution in [0.5, 0.6) is 0 Å². The van der Waals surface area contributed by atoms with Gasteiger partial charge in [-0.25, -0.2) is 0 Å². The van der Waals surface area contributed by atoms with Gasteiger partial charge in [-0.2, -0.15) is 0 Å². The zero-order chi connectivity index (χ0) is 16.1. The molecule has 0 aromatic heterocycles. The highest BCUT2D eigenvalue weighted by Crippen LogP contribution is 2.48. The number of amides is 1. The van der Waals surface area contributed by atoms with E-state index in [0.29, 0.717) is 13.2 Å². The van der Waals surface area contributed by atoms with Crippen molar-refractivity contribution in [3.05, 3.63) is 34.3 Å². The molecule has 0 spiro atoms. The van der Waals surface area contributed by atoms with Crippen LogP contribution < -0.4 is 0 Å². The molecule has 0 N–H and O–H groups in total. The van der Waals surface area contributed by atoms with Crippen molar-refractivity contribution in [1.29, 1.82) is 0 Å². The Hall–Kier alpha value is -1.40. The van der Waals surface area contributed by atoms with Crippen molar-refractivity contribution >= 4 is 27.8 Å². The molecule has 1 aromatic rings. The lowest BCUT2D eigenvalue weighted by atomic mass is 10.1. The molecule has 1 amide bonds. The van der Waals surface area contributed by atoms with Crippen molar-refractivity contribution < 1.29 is 19.1 Å². The number of carbonyl (C=O) groups excluding carboxylic acids is 2. The fourth-order valence-electron chi connectivity index (χ4n) is 2.47. The van der Waals surface area contributed by atoms with Crippen molar-refractivity contribution in [3.8, 4) is 0 Å². The fourth-order valence-corrected chi connectivity index (χ4v) is 2.73. The summed E-state index contributed by atoms with van der Waals surface area (Å²) in [5.41, 5.74) is 1.16. The Kier molecular flexibility index (Phi) is 5.97. The maximum atomic E-state index is 12.6. The first-order valence-electron chi connectivity index (χ1n) is 7.16. The van der Waals surface area contributed by atoms with Crippen LogP contribution in [0.4, 0.5) is 0 Å². The van der Waals surface area contributed by atoms with Gasteiger partial charge in [0.2, 0.25) is 5.91 Å². The van der Waals surface area contributed by atoms with Gasteiger partial charge in [0.25, 0.3) is 0 Å². The lowest BCUT2D eigenvalue weighted by Crippen LogP contribution is -2.39. The quantitative estimate of drug-likeness (QED) is 0.691. The highest BCUT2D eigenvalue weighted by Gasteiger charge is 2.45. The van der Waals surface area contributed by atoms with Crippen LogP contribution in [0.1, 0.15) is 17.9 Å². The molecule has 0 aliphatic heterocycles. The molecule has 0 saturated heterocycles. The Labute approximate surface area is 138 Å². The van der Waals surface area contributed by atoms with Gasteiger partial charge in [0, 0.05) is 24.0 Å². The highest BCUT2D eigenvalue weighted by atomic mass is 79.9. The summed E-state index contributed by atoms with van der Waals surface area (Å²) in [5, 5.41) is 0. The molecule has 2 rings (SSSR count). The third-order valence-electron chi connectivity index (χ3n) is 3.83. The number of hydrogen-bond donors (Lipinski definition) is 0. The number of carbonyl (C=O) groups is 2. The van der Waals surface area contributed by atoms with Crippen LogP contribution in [0.15, 0.2) is 28.7 Å². The summed E-state index contributed by atoms with van der Waals surface area (Å²) in [7, 11) is 2.89. The van der Waals surface area contributed by atoms with Crippen molar-refractivity contribution in [2.75, 3.05) is 33.9 Å². The van der Waals surface area contributed by atoms with E-state index in [0.717, 1.165) is 16.5 Å². The highest BCUT2D eigenvalue weighted by molar-refractivity contribution is 9.10. The Morgan fingerprint density at radius 3 is 2.55 bits per heavy atom. The number of halogens is 1. The van der Waals surface area contributed by atoms with Gasteiger partial charge >= 0.3 is 5.97 Å². The molecule has 2 atom stereocenters. The van der Waals surface area contributed by atoms with E-state index in [1.54, 1.807) is 7.11 Å². The Morgan fingerprint density at radius 2 is 1.95 bits per heavy atom. The van der Waals surface area contributed by atoms with E-state index in [1.807, 2.05) is 24.3 Å². The first-order valence-corrected chi connectivity index (χ1v) is 7.96. The molecule has 5 nitrogen and oxygen atoms in total. The number of rotatable bonds is 7. The summed E-state index contributed by atoms with van der Waals surface area (Å²) in [6, 6.07) is 8.02. The van der Waals surface area contributed by atoms with Gasteiger partial charge in [-0.3, -0.25) is 9.59 Å². The van der Waals surface area contributed by atoms with Gasteiger partial charge in [0.1, 0.15) is 6.54 Å². The van der Waals surface area contributed by atoms with E-state index in [2.05, 4.69) is 20.7 Å². The SMILES string of the molecule is COCCN(CC(=O)OC)C(=O)C1CC1c1ccc(Br)cc1. The second-order valence-corrected chi connectivity index (χ2v) is 6.24. The minimum atomic E-state index is -0.412. The van der Waals surface area contributed by atoms with Crippen molar-refractivity contribution in [2.45, 2.75) is 12.3 Å². The monoisotopic (exact) mass is 369 g/mol. The van der Waals surface area contributed by atoms with E-state index in [4.69, 9.17) is 4.74 Å². The van der Waals surface area contributed by atoms with Crippen LogP contribution in [0.2, 0.25) is 0 Å². The van der Waals surface area contributed by atoms with Gasteiger partial charge in [-0.15, -0.1) is 0 Å². The number of hydrogen-bond acceptors (Lipinski definition) is 4. The number of esters is 1. The standard InChI is InChI=1S/C16H20BrNO4/c1-21-8-7-18(10-15(19)22-2)16(20)14-9-13(14)11-3-5-12(17)6-4-11/h3-6,13-14H,7-10H2,1-2H3. The second kappa shape index (κ2) is 7.74. The smallest absolute Gasteiger partial charge is 0.325 e. The Balaban J connectivity index is 1.98. The molecule has 2 unspecified atom stereocenters. The topological polar surface area (TPSA) is 55.8 Å². The average molecular weight is 370 g/mol. The van der Waals surface area contributed by atoms with Gasteiger partial charge in [-0.1, -0.05) is 28.1 Å². The first kappa shape index (κ1) is 17.0. The molecule has 1 aliphatic rings. The predicted octanol–water partition coefficient (Wildman–Crippen LogP) is 2.20. The third kappa shape index (κ3) is 4.30. The molecular weight excluding hydrogens is 350 g/mol. The number of methoxy groups -OCH3 is 2. The summed E-state index contributed by atoms with van der Waals surface area (Å²) in [6.45, 7) is 0.772. The minimum Gasteiger partial charge on any atom is -0.468 e. The number of ether oxygens (including phenoxy) is 2. The first-order chi connectivity index (χ1) is 10.6. The largest absolute Gasteiger partial charge is 0.468 e. The molecule has 1 aliphatic carbocycles. The van der Waals surface area contributed by atoms with Gasteiger partial charge in [-0.05, 0) is 30.0 Å². The maximum absolute atomic E-state index is 12.6. The maximum Gasteiger partial charge on any atom is 0.325 e. The number of nitrogens with zero attached hydrogens (tertiary/aromatic N) is 1. The third-order valence-corrected chi connectivity index (χ3v) is 4.36. The Bertz CT molecular complexity index is 531. The summed E-state index contributed by atoms with van der Waals surface area (Å²) >= 11 is 3.41. The van der Waals surface area contributed by atoms with Crippen LogP contribution >= 0.6 is 15.9 Å². The lowest BCUT2D eigenvalue weighted by Gasteiger charge is -2.21. The summed E-state index contributed by atoms with van der Waals surface area (Å²) in [6.07, 6.45) is 0.825. The van der Waals surface area contributed by atoms with Crippen molar-refractivity contribution in [1.82, 2.24) is 4.90 Å². The van der Waals surface area contributed by atoms with Crippen LogP contribution in [0.3, 0.4) is 0 Å². The minimum absolute atomic E-state index is 0.00429. The zero-order valence-electron chi connectivity index (χ0n) is 12.8.